The minimum absolute atomic E-state index is 0.218. The van der Waals surface area contributed by atoms with Gasteiger partial charge in [-0.15, -0.1) is 0 Å². The zero-order chi connectivity index (χ0) is 20.2. The van der Waals surface area contributed by atoms with Crippen molar-refractivity contribution in [2.75, 3.05) is 13.2 Å². The second kappa shape index (κ2) is 19.4. The molecule has 0 fully saturated rings. The second-order valence-electron chi connectivity index (χ2n) is 7.28. The molecule has 0 unspecified atom stereocenters. The maximum Gasteiger partial charge on any atom is 0.306 e. The van der Waals surface area contributed by atoms with Crippen LogP contribution in [0.4, 0.5) is 0 Å². The van der Waals surface area contributed by atoms with Crippen molar-refractivity contribution in [1.29, 1.82) is 0 Å². The smallest absolute Gasteiger partial charge is 0.306 e. The number of carbonyl (C=O) groups excluding carboxylic acids is 2. The van der Waals surface area contributed by atoms with Crippen LogP contribution in [0.5, 0.6) is 0 Å². The Hall–Kier alpha value is -1.32. The topological polar surface area (TPSA) is 52.6 Å². The van der Waals surface area contributed by atoms with E-state index in [1.54, 1.807) is 0 Å². The van der Waals surface area contributed by atoms with Gasteiger partial charge in [0.25, 0.3) is 0 Å². The van der Waals surface area contributed by atoms with Crippen molar-refractivity contribution in [3.05, 3.63) is 12.2 Å². The fraction of sp³-hybridized carbons (Fsp3) is 0.826. The Morgan fingerprint density at radius 1 is 0.741 bits per heavy atom. The predicted octanol–water partition coefficient (Wildman–Crippen LogP) is 6.38. The molecule has 0 amide bonds. The van der Waals surface area contributed by atoms with Gasteiger partial charge in [-0.2, -0.15) is 0 Å². The molecule has 0 aliphatic carbocycles. The van der Waals surface area contributed by atoms with Crippen LogP contribution >= 0.6 is 0 Å². The first kappa shape index (κ1) is 25.7. The lowest BCUT2D eigenvalue weighted by Crippen LogP contribution is -2.13. The van der Waals surface area contributed by atoms with E-state index in [1.165, 1.54) is 44.9 Å². The SMILES string of the molecule is CCCCCCCCC/C=C/COC(=O)CCCC(=O)OCC(CC)CC. The van der Waals surface area contributed by atoms with E-state index in [2.05, 4.69) is 26.8 Å². The van der Waals surface area contributed by atoms with Gasteiger partial charge in [0.1, 0.15) is 6.61 Å². The van der Waals surface area contributed by atoms with Crippen molar-refractivity contribution in [2.45, 2.75) is 104 Å². The number of hydrogen-bond acceptors (Lipinski definition) is 4. The molecule has 0 radical (unpaired) electrons. The Balaban J connectivity index is 3.49. The van der Waals surface area contributed by atoms with Crippen molar-refractivity contribution in [1.82, 2.24) is 0 Å². The van der Waals surface area contributed by atoms with Crippen molar-refractivity contribution in [3.8, 4) is 0 Å². The molecule has 0 aliphatic heterocycles. The summed E-state index contributed by atoms with van der Waals surface area (Å²) in [6, 6.07) is 0. The number of ether oxygens (including phenoxy) is 2. The molecule has 4 nitrogen and oxygen atoms in total. The van der Waals surface area contributed by atoms with Gasteiger partial charge in [-0.3, -0.25) is 9.59 Å². The fourth-order valence-corrected chi connectivity index (χ4v) is 2.80. The van der Waals surface area contributed by atoms with Gasteiger partial charge in [-0.05, 0) is 25.2 Å². The Bertz CT molecular complexity index is 386. The van der Waals surface area contributed by atoms with Gasteiger partial charge in [0.2, 0.25) is 0 Å². The molecule has 0 aromatic rings. The van der Waals surface area contributed by atoms with E-state index < -0.39 is 0 Å². The Morgan fingerprint density at radius 2 is 1.33 bits per heavy atom. The maximum absolute atomic E-state index is 11.6. The first-order valence-electron chi connectivity index (χ1n) is 11.1. The van der Waals surface area contributed by atoms with Crippen molar-refractivity contribution >= 4 is 11.9 Å². The van der Waals surface area contributed by atoms with Crippen LogP contribution in [0.1, 0.15) is 104 Å². The summed E-state index contributed by atoms with van der Waals surface area (Å²) in [5, 5.41) is 0. The third-order valence-corrected chi connectivity index (χ3v) is 4.88. The average Bonchev–Trinajstić information content (AvgIpc) is 2.67. The molecule has 0 spiro atoms. The number of unbranched alkanes of at least 4 members (excludes halogenated alkanes) is 7. The fourth-order valence-electron chi connectivity index (χ4n) is 2.80. The molecule has 0 heterocycles. The molecule has 0 N–H and O–H groups in total. The first-order chi connectivity index (χ1) is 13.1. The quantitative estimate of drug-likeness (QED) is 0.157. The summed E-state index contributed by atoms with van der Waals surface area (Å²) in [6.07, 6.45) is 17.3. The van der Waals surface area contributed by atoms with Gasteiger partial charge in [-0.1, -0.05) is 84.3 Å². The van der Waals surface area contributed by atoms with Crippen molar-refractivity contribution in [2.24, 2.45) is 5.92 Å². The maximum atomic E-state index is 11.6. The molecular weight excluding hydrogens is 340 g/mol. The van der Waals surface area contributed by atoms with E-state index in [4.69, 9.17) is 9.47 Å². The number of allylic oxidation sites excluding steroid dienone is 1. The Labute approximate surface area is 167 Å². The molecule has 0 saturated carbocycles. The summed E-state index contributed by atoms with van der Waals surface area (Å²) in [5.74, 6) is -0.0283. The standard InChI is InChI=1S/C23H42O4/c1-4-7-8-9-10-11-12-13-14-15-19-26-22(24)17-16-18-23(25)27-20-21(5-2)6-3/h14-15,21H,4-13,16-20H2,1-3H3/b15-14+. The molecule has 0 atom stereocenters. The molecule has 0 saturated heterocycles. The van der Waals surface area contributed by atoms with Crippen LogP contribution in [-0.4, -0.2) is 25.2 Å². The molecule has 158 valence electrons. The third kappa shape index (κ3) is 17.8. The second-order valence-corrected chi connectivity index (χ2v) is 7.28. The summed E-state index contributed by atoms with van der Waals surface area (Å²) in [6.45, 7) is 7.25. The minimum atomic E-state index is -0.247. The third-order valence-electron chi connectivity index (χ3n) is 4.88. The number of rotatable bonds is 18. The van der Waals surface area contributed by atoms with Crippen molar-refractivity contribution < 1.29 is 19.1 Å². The molecule has 0 aromatic heterocycles. The van der Waals surface area contributed by atoms with Crippen LogP contribution in [0.2, 0.25) is 0 Å². The summed E-state index contributed by atoms with van der Waals surface area (Å²) in [4.78, 5) is 23.3. The molecule has 0 bridgehead atoms. The molecule has 4 heteroatoms. The molecule has 0 aromatic carbocycles. The summed E-state index contributed by atoms with van der Waals surface area (Å²) >= 11 is 0. The van der Waals surface area contributed by atoms with E-state index in [0.717, 1.165) is 19.3 Å². The van der Waals surface area contributed by atoms with Crippen LogP contribution in [0, 0.1) is 5.92 Å². The highest BCUT2D eigenvalue weighted by atomic mass is 16.5. The van der Waals surface area contributed by atoms with Crippen molar-refractivity contribution in [3.63, 3.8) is 0 Å². The summed E-state index contributed by atoms with van der Waals surface area (Å²) in [5.41, 5.74) is 0. The van der Waals surface area contributed by atoms with Crippen LogP contribution in [-0.2, 0) is 19.1 Å². The van der Waals surface area contributed by atoms with Gasteiger partial charge in [0, 0.05) is 12.8 Å². The number of esters is 2. The lowest BCUT2D eigenvalue weighted by atomic mass is 10.1. The van der Waals surface area contributed by atoms with E-state index in [0.29, 0.717) is 25.6 Å². The van der Waals surface area contributed by atoms with Crippen LogP contribution < -0.4 is 0 Å². The van der Waals surface area contributed by atoms with Gasteiger partial charge in [0.05, 0.1) is 6.61 Å². The van der Waals surface area contributed by atoms with E-state index in [1.807, 2.05) is 6.08 Å². The van der Waals surface area contributed by atoms with Crippen LogP contribution in [0.25, 0.3) is 0 Å². The molecule has 0 aliphatic rings. The predicted molar refractivity (Wildman–Crippen MR) is 112 cm³/mol. The highest BCUT2D eigenvalue weighted by molar-refractivity contribution is 5.72. The normalized spacial score (nSPS) is 11.3. The zero-order valence-corrected chi connectivity index (χ0v) is 18.0. The van der Waals surface area contributed by atoms with E-state index in [9.17, 15) is 9.59 Å². The number of carbonyl (C=O) groups is 2. The van der Waals surface area contributed by atoms with E-state index >= 15 is 0 Å². The highest BCUT2D eigenvalue weighted by Crippen LogP contribution is 2.10. The largest absolute Gasteiger partial charge is 0.465 e. The molecular formula is C23H42O4. The Kier molecular flexibility index (Phi) is 18.5. The van der Waals surface area contributed by atoms with Gasteiger partial charge >= 0.3 is 11.9 Å². The summed E-state index contributed by atoms with van der Waals surface area (Å²) in [7, 11) is 0. The average molecular weight is 383 g/mol. The minimum Gasteiger partial charge on any atom is -0.465 e. The van der Waals surface area contributed by atoms with E-state index in [-0.39, 0.29) is 24.8 Å². The van der Waals surface area contributed by atoms with Crippen LogP contribution in [0.3, 0.4) is 0 Å². The van der Waals surface area contributed by atoms with Gasteiger partial charge in [0.15, 0.2) is 0 Å². The number of hydrogen-bond donors (Lipinski definition) is 0. The van der Waals surface area contributed by atoms with Crippen LogP contribution in [0.15, 0.2) is 12.2 Å². The first-order valence-corrected chi connectivity index (χ1v) is 11.1. The Morgan fingerprint density at radius 3 is 1.96 bits per heavy atom. The lowest BCUT2D eigenvalue weighted by molar-refractivity contribution is -0.146. The van der Waals surface area contributed by atoms with Gasteiger partial charge in [-0.25, -0.2) is 0 Å². The molecule has 0 rings (SSSR count). The lowest BCUT2D eigenvalue weighted by Gasteiger charge is -2.12. The zero-order valence-electron chi connectivity index (χ0n) is 18.0. The van der Waals surface area contributed by atoms with Gasteiger partial charge < -0.3 is 9.47 Å². The monoisotopic (exact) mass is 382 g/mol. The highest BCUT2D eigenvalue weighted by Gasteiger charge is 2.09. The molecule has 27 heavy (non-hydrogen) atoms. The summed E-state index contributed by atoms with van der Waals surface area (Å²) < 4.78 is 10.4.